The molecule has 47 valence electrons. The molecule has 0 fully saturated rings. The van der Waals surface area contributed by atoms with Crippen molar-refractivity contribution >= 4 is 6.09 Å². The van der Waals surface area contributed by atoms with Crippen molar-refractivity contribution in [3.05, 3.63) is 0 Å². The Balaban J connectivity index is 0. The Morgan fingerprint density at radius 2 is 1.71 bits per heavy atom. The van der Waals surface area contributed by atoms with Gasteiger partial charge in [-0.15, -0.1) is 0 Å². The Morgan fingerprint density at radius 3 is 1.71 bits per heavy atom. The SMILES string of the molecule is CN(C)C(=O)O.[Ag]. The molecule has 1 radical (unpaired) electrons. The third-order valence-electron chi connectivity index (χ3n) is 0.383. The average molecular weight is 197 g/mol. The molecule has 0 heterocycles. The maximum absolute atomic E-state index is 9.62. The van der Waals surface area contributed by atoms with Gasteiger partial charge in [0.15, 0.2) is 0 Å². The number of carbonyl (C=O) groups is 1. The summed E-state index contributed by atoms with van der Waals surface area (Å²) in [5.41, 5.74) is 0. The van der Waals surface area contributed by atoms with E-state index in [1.807, 2.05) is 0 Å². The summed E-state index contributed by atoms with van der Waals surface area (Å²) in [5.74, 6) is 0. The van der Waals surface area contributed by atoms with Gasteiger partial charge in [0.25, 0.3) is 0 Å². The zero-order chi connectivity index (χ0) is 5.15. The largest absolute Gasteiger partial charge is 0.465 e. The van der Waals surface area contributed by atoms with E-state index in [1.165, 1.54) is 14.1 Å². The zero-order valence-corrected chi connectivity index (χ0v) is 5.59. The predicted molar refractivity (Wildman–Crippen MR) is 21.7 cm³/mol. The molecular formula is C3H7AgNO2. The van der Waals surface area contributed by atoms with Crippen molar-refractivity contribution in [3.63, 3.8) is 0 Å². The van der Waals surface area contributed by atoms with Crippen molar-refractivity contribution in [3.8, 4) is 0 Å². The number of amides is 1. The van der Waals surface area contributed by atoms with Crippen LogP contribution in [0.3, 0.4) is 0 Å². The van der Waals surface area contributed by atoms with E-state index in [1.54, 1.807) is 0 Å². The molecule has 0 spiro atoms. The summed E-state index contributed by atoms with van der Waals surface area (Å²) >= 11 is 0. The Kier molecular flexibility index (Phi) is 6.02. The van der Waals surface area contributed by atoms with Gasteiger partial charge >= 0.3 is 6.09 Å². The molecule has 0 saturated carbocycles. The van der Waals surface area contributed by atoms with Gasteiger partial charge < -0.3 is 10.0 Å². The average Bonchev–Trinajstić information content (AvgIpc) is 1.36. The van der Waals surface area contributed by atoms with Gasteiger partial charge in [0.1, 0.15) is 0 Å². The minimum Gasteiger partial charge on any atom is -0.465 e. The molecule has 0 aliphatic rings. The van der Waals surface area contributed by atoms with Crippen molar-refractivity contribution < 1.29 is 32.3 Å². The Bertz CT molecular complexity index is 64.0. The van der Waals surface area contributed by atoms with Gasteiger partial charge in [0, 0.05) is 36.5 Å². The van der Waals surface area contributed by atoms with E-state index in [9.17, 15) is 4.79 Å². The maximum Gasteiger partial charge on any atom is 0.406 e. The maximum atomic E-state index is 9.62. The number of rotatable bonds is 0. The van der Waals surface area contributed by atoms with Crippen LogP contribution in [0.25, 0.3) is 0 Å². The first kappa shape index (κ1) is 10.1. The molecule has 0 aromatic carbocycles. The van der Waals surface area contributed by atoms with Gasteiger partial charge in [-0.2, -0.15) is 0 Å². The molecule has 0 aromatic rings. The minimum atomic E-state index is -0.907. The van der Waals surface area contributed by atoms with Crippen LogP contribution in [0.5, 0.6) is 0 Å². The number of carboxylic acid groups (broad SMARTS) is 1. The van der Waals surface area contributed by atoms with Crippen LogP contribution in [0, 0.1) is 0 Å². The normalized spacial score (nSPS) is 6.57. The Morgan fingerprint density at radius 1 is 1.57 bits per heavy atom. The van der Waals surface area contributed by atoms with E-state index < -0.39 is 6.09 Å². The summed E-state index contributed by atoms with van der Waals surface area (Å²) in [6, 6.07) is 0. The summed E-state index contributed by atoms with van der Waals surface area (Å²) in [6.07, 6.45) is -0.907. The Labute approximate surface area is 57.8 Å². The molecule has 0 unspecified atom stereocenters. The van der Waals surface area contributed by atoms with E-state index in [4.69, 9.17) is 5.11 Å². The topological polar surface area (TPSA) is 40.5 Å². The first-order valence-electron chi connectivity index (χ1n) is 1.55. The van der Waals surface area contributed by atoms with E-state index in [-0.39, 0.29) is 22.4 Å². The monoisotopic (exact) mass is 196 g/mol. The van der Waals surface area contributed by atoms with Crippen molar-refractivity contribution in [1.29, 1.82) is 0 Å². The standard InChI is InChI=1S/C3H7NO2.Ag/c1-4(2)3(5)6;/h1-2H3,(H,5,6);. The van der Waals surface area contributed by atoms with Crippen LogP contribution in [-0.4, -0.2) is 30.2 Å². The van der Waals surface area contributed by atoms with E-state index in [0.717, 1.165) is 4.90 Å². The number of hydrogen-bond donors (Lipinski definition) is 1. The quantitative estimate of drug-likeness (QED) is 0.564. The van der Waals surface area contributed by atoms with Crippen molar-refractivity contribution in [1.82, 2.24) is 4.90 Å². The first-order chi connectivity index (χ1) is 2.64. The summed E-state index contributed by atoms with van der Waals surface area (Å²) in [4.78, 5) is 10.7. The fraction of sp³-hybridized carbons (Fsp3) is 0.667. The Hall–Kier alpha value is 0.0103. The molecule has 1 amide bonds. The van der Waals surface area contributed by atoms with Gasteiger partial charge in [-0.3, -0.25) is 0 Å². The summed E-state index contributed by atoms with van der Waals surface area (Å²) < 4.78 is 0. The van der Waals surface area contributed by atoms with Crippen molar-refractivity contribution in [2.45, 2.75) is 0 Å². The third kappa shape index (κ3) is 6.01. The molecule has 0 atom stereocenters. The van der Waals surface area contributed by atoms with Crippen LogP contribution in [0.1, 0.15) is 0 Å². The van der Waals surface area contributed by atoms with Gasteiger partial charge in [-0.05, 0) is 0 Å². The van der Waals surface area contributed by atoms with Crippen LogP contribution in [0.4, 0.5) is 4.79 Å². The second-order valence-corrected chi connectivity index (χ2v) is 1.18. The van der Waals surface area contributed by atoms with E-state index in [0.29, 0.717) is 0 Å². The molecule has 0 aromatic heterocycles. The van der Waals surface area contributed by atoms with Gasteiger partial charge in [0.2, 0.25) is 0 Å². The number of hydrogen-bond acceptors (Lipinski definition) is 1. The van der Waals surface area contributed by atoms with Crippen LogP contribution >= 0.6 is 0 Å². The van der Waals surface area contributed by atoms with Crippen LogP contribution in [0.2, 0.25) is 0 Å². The molecule has 0 aliphatic heterocycles. The molecule has 0 aliphatic carbocycles. The fourth-order valence-electron chi connectivity index (χ4n) is 0. The molecule has 4 heteroatoms. The van der Waals surface area contributed by atoms with E-state index in [2.05, 4.69) is 0 Å². The predicted octanol–water partition coefficient (Wildman–Crippen LogP) is 0.224. The summed E-state index contributed by atoms with van der Waals surface area (Å²) in [6.45, 7) is 0. The molecule has 0 bridgehead atoms. The molecular weight excluding hydrogens is 190 g/mol. The second kappa shape index (κ2) is 4.18. The molecule has 0 rings (SSSR count). The van der Waals surface area contributed by atoms with Gasteiger partial charge in [0.05, 0.1) is 0 Å². The van der Waals surface area contributed by atoms with Crippen molar-refractivity contribution in [2.24, 2.45) is 0 Å². The van der Waals surface area contributed by atoms with Gasteiger partial charge in [-0.25, -0.2) is 4.79 Å². The summed E-state index contributed by atoms with van der Waals surface area (Å²) in [5, 5.41) is 7.92. The molecule has 0 saturated heterocycles. The van der Waals surface area contributed by atoms with E-state index >= 15 is 0 Å². The fourth-order valence-corrected chi connectivity index (χ4v) is 0. The minimum absolute atomic E-state index is 0. The van der Waals surface area contributed by atoms with Gasteiger partial charge in [-0.1, -0.05) is 0 Å². The molecule has 1 N–H and O–H groups in total. The van der Waals surface area contributed by atoms with Crippen LogP contribution in [-0.2, 0) is 22.4 Å². The second-order valence-electron chi connectivity index (χ2n) is 1.18. The summed E-state index contributed by atoms with van der Waals surface area (Å²) in [7, 11) is 2.95. The molecule has 3 nitrogen and oxygen atoms in total. The van der Waals surface area contributed by atoms with Crippen LogP contribution in [0.15, 0.2) is 0 Å². The third-order valence-corrected chi connectivity index (χ3v) is 0.383. The van der Waals surface area contributed by atoms with Crippen LogP contribution < -0.4 is 0 Å². The first-order valence-corrected chi connectivity index (χ1v) is 1.55. The number of nitrogens with zero attached hydrogens (tertiary/aromatic N) is 1. The smallest absolute Gasteiger partial charge is 0.406 e. The van der Waals surface area contributed by atoms with Crippen molar-refractivity contribution in [2.75, 3.05) is 14.1 Å². The zero-order valence-electron chi connectivity index (χ0n) is 4.10. The molecule has 7 heavy (non-hydrogen) atoms.